The number of phenols is 1. The third kappa shape index (κ3) is 2.97. The maximum atomic E-state index is 13.9. The van der Waals surface area contributed by atoms with Gasteiger partial charge in [-0.2, -0.15) is 0 Å². The predicted molar refractivity (Wildman–Crippen MR) is 106 cm³/mol. The lowest BCUT2D eigenvalue weighted by atomic mass is 9.75. The van der Waals surface area contributed by atoms with Crippen molar-refractivity contribution in [3.05, 3.63) is 59.4 Å². The van der Waals surface area contributed by atoms with E-state index < -0.39 is 0 Å². The maximum Gasteiger partial charge on any atom is 0.123 e. The van der Waals surface area contributed by atoms with Crippen molar-refractivity contribution < 1.29 is 14.2 Å². The molecule has 4 aliphatic heterocycles. The first-order chi connectivity index (χ1) is 13.6. The largest absolute Gasteiger partial charge is 0.508 e. The Bertz CT molecular complexity index is 865. The second-order valence-electron chi connectivity index (χ2n) is 8.44. The van der Waals surface area contributed by atoms with Gasteiger partial charge in [-0.15, -0.1) is 0 Å². The van der Waals surface area contributed by atoms with E-state index in [0.29, 0.717) is 36.2 Å². The van der Waals surface area contributed by atoms with Crippen LogP contribution in [0.2, 0.25) is 0 Å². The number of benzene rings is 2. The van der Waals surface area contributed by atoms with Crippen molar-refractivity contribution in [2.24, 2.45) is 5.92 Å². The summed E-state index contributed by atoms with van der Waals surface area (Å²) in [4.78, 5) is 5.18. The molecular weight excluding hydrogens is 355 g/mol. The minimum Gasteiger partial charge on any atom is -0.508 e. The smallest absolute Gasteiger partial charge is 0.123 e. The van der Waals surface area contributed by atoms with E-state index in [4.69, 9.17) is 4.74 Å². The fourth-order valence-electron chi connectivity index (χ4n) is 5.86. The zero-order valence-electron chi connectivity index (χ0n) is 16.2. The van der Waals surface area contributed by atoms with Gasteiger partial charge in [0.1, 0.15) is 17.3 Å². The van der Waals surface area contributed by atoms with Gasteiger partial charge in [-0.1, -0.05) is 12.1 Å². The highest BCUT2D eigenvalue weighted by Gasteiger charge is 2.53. The van der Waals surface area contributed by atoms with Crippen LogP contribution in [0.5, 0.6) is 11.5 Å². The van der Waals surface area contributed by atoms with Crippen LogP contribution in [-0.2, 0) is 6.54 Å². The Hall–Kier alpha value is -2.11. The van der Waals surface area contributed by atoms with Crippen molar-refractivity contribution in [3.63, 3.8) is 0 Å². The molecule has 0 spiro atoms. The second-order valence-corrected chi connectivity index (χ2v) is 8.44. The van der Waals surface area contributed by atoms with Crippen molar-refractivity contribution in [1.29, 1.82) is 0 Å². The van der Waals surface area contributed by atoms with Crippen molar-refractivity contribution in [3.8, 4) is 11.5 Å². The molecule has 3 atom stereocenters. The summed E-state index contributed by atoms with van der Waals surface area (Å²) >= 11 is 0. The van der Waals surface area contributed by atoms with Crippen LogP contribution < -0.4 is 4.74 Å². The first-order valence-corrected chi connectivity index (χ1v) is 10.2. The zero-order chi connectivity index (χ0) is 19.3. The summed E-state index contributed by atoms with van der Waals surface area (Å²) in [7, 11) is 1.65. The number of hydrogen-bond donors (Lipinski definition) is 1. The predicted octanol–water partition coefficient (Wildman–Crippen LogP) is 3.60. The highest BCUT2D eigenvalue weighted by atomic mass is 19.1. The first kappa shape index (κ1) is 18.0. The Morgan fingerprint density at radius 1 is 1.11 bits per heavy atom. The number of methoxy groups -OCH3 is 1. The molecule has 6 rings (SSSR count). The Balaban J connectivity index is 1.49. The Labute approximate surface area is 165 Å². The van der Waals surface area contributed by atoms with Gasteiger partial charge in [0.25, 0.3) is 0 Å². The summed E-state index contributed by atoms with van der Waals surface area (Å²) in [6.07, 6.45) is 2.48. The quantitative estimate of drug-likeness (QED) is 0.877. The number of ether oxygens (including phenoxy) is 1. The lowest BCUT2D eigenvalue weighted by Crippen LogP contribution is -2.59. The molecule has 2 aromatic carbocycles. The van der Waals surface area contributed by atoms with E-state index in [0.717, 1.165) is 30.9 Å². The zero-order valence-corrected chi connectivity index (χ0v) is 16.2. The molecule has 0 amide bonds. The molecule has 4 nitrogen and oxygen atoms in total. The standard InChI is InChI=1S/C23H27FN2O2/c1-28-21-6-5-18(24)11-17(21)13-26-14-20(16-3-2-4-19(27)12-16)23-22(26)15-7-9-25(23)10-8-15/h2-6,11-12,15,20,22-23,27H,7-10,13-14H2,1H3/t20-,22+,23+/m0/s1. The number of rotatable bonds is 4. The molecule has 2 aromatic rings. The number of nitrogens with zero attached hydrogens (tertiary/aromatic N) is 2. The number of aromatic hydroxyl groups is 1. The first-order valence-electron chi connectivity index (χ1n) is 10.2. The van der Waals surface area contributed by atoms with E-state index in [1.807, 2.05) is 12.1 Å². The molecule has 2 bridgehead atoms. The summed E-state index contributed by atoms with van der Waals surface area (Å²) in [6, 6.07) is 13.5. The molecule has 0 radical (unpaired) electrons. The lowest BCUT2D eigenvalue weighted by molar-refractivity contribution is -0.00885. The summed E-state index contributed by atoms with van der Waals surface area (Å²) < 4.78 is 19.4. The van der Waals surface area contributed by atoms with Gasteiger partial charge in [0.2, 0.25) is 0 Å². The topological polar surface area (TPSA) is 35.9 Å². The van der Waals surface area contributed by atoms with E-state index in [1.54, 1.807) is 25.3 Å². The van der Waals surface area contributed by atoms with E-state index in [1.165, 1.54) is 24.5 Å². The van der Waals surface area contributed by atoms with Gasteiger partial charge in [-0.25, -0.2) is 4.39 Å². The third-order valence-corrected chi connectivity index (χ3v) is 7.01. The Morgan fingerprint density at radius 2 is 1.93 bits per heavy atom. The number of likely N-dealkylation sites (tertiary alicyclic amines) is 1. The molecule has 4 heterocycles. The van der Waals surface area contributed by atoms with Gasteiger partial charge < -0.3 is 9.84 Å². The van der Waals surface area contributed by atoms with Crippen molar-refractivity contribution in [1.82, 2.24) is 9.80 Å². The number of phenolic OH excluding ortho intramolecular Hbond substituents is 1. The van der Waals surface area contributed by atoms with Crippen LogP contribution in [0.4, 0.5) is 4.39 Å². The molecule has 1 N–H and O–H groups in total. The van der Waals surface area contributed by atoms with Crippen LogP contribution in [0.3, 0.4) is 0 Å². The van der Waals surface area contributed by atoms with Gasteiger partial charge in [0.05, 0.1) is 7.11 Å². The van der Waals surface area contributed by atoms with Crippen LogP contribution in [0.1, 0.15) is 29.9 Å². The van der Waals surface area contributed by atoms with Crippen LogP contribution in [0.25, 0.3) is 0 Å². The summed E-state index contributed by atoms with van der Waals surface area (Å²) in [5, 5.41) is 10.0. The Morgan fingerprint density at radius 3 is 2.68 bits per heavy atom. The number of piperidine rings is 3. The van der Waals surface area contributed by atoms with Crippen molar-refractivity contribution in [2.75, 3.05) is 26.7 Å². The molecule has 4 aliphatic rings. The summed E-state index contributed by atoms with van der Waals surface area (Å²) in [5.74, 6) is 1.91. The van der Waals surface area contributed by atoms with E-state index in [2.05, 4.69) is 15.9 Å². The molecule has 0 saturated carbocycles. The monoisotopic (exact) mass is 382 g/mol. The second kappa shape index (κ2) is 7.05. The summed E-state index contributed by atoms with van der Waals surface area (Å²) in [5.41, 5.74) is 2.12. The average Bonchev–Trinajstić information content (AvgIpc) is 3.11. The molecule has 28 heavy (non-hydrogen) atoms. The molecule has 0 unspecified atom stereocenters. The number of halogens is 1. The average molecular weight is 382 g/mol. The maximum absolute atomic E-state index is 13.9. The molecule has 0 aliphatic carbocycles. The molecular formula is C23H27FN2O2. The van der Waals surface area contributed by atoms with Crippen LogP contribution in [-0.4, -0.2) is 53.7 Å². The van der Waals surface area contributed by atoms with Gasteiger partial charge in [-0.05, 0) is 67.7 Å². The molecule has 4 fully saturated rings. The van der Waals surface area contributed by atoms with Crippen molar-refractivity contribution in [2.45, 2.75) is 37.4 Å². The van der Waals surface area contributed by atoms with Gasteiger partial charge in [-0.3, -0.25) is 9.80 Å². The van der Waals surface area contributed by atoms with Gasteiger partial charge >= 0.3 is 0 Å². The van der Waals surface area contributed by atoms with E-state index in [9.17, 15) is 9.50 Å². The number of fused-ring (bicyclic) bond motifs is 2. The van der Waals surface area contributed by atoms with Crippen LogP contribution in [0.15, 0.2) is 42.5 Å². The SMILES string of the molecule is COc1ccc(F)cc1CN1C[C@@H](c2cccc(O)c2)[C@@H]2[C@H]1C1CCN2CC1. The number of hydrogen-bond acceptors (Lipinski definition) is 4. The normalized spacial score (nSPS) is 31.7. The minimum atomic E-state index is -0.218. The van der Waals surface area contributed by atoms with Gasteiger partial charge in [0.15, 0.2) is 0 Å². The fourth-order valence-corrected chi connectivity index (χ4v) is 5.86. The highest BCUT2D eigenvalue weighted by Crippen LogP contribution is 2.47. The van der Waals surface area contributed by atoms with Gasteiger partial charge in [0, 0.05) is 36.7 Å². The van der Waals surface area contributed by atoms with E-state index >= 15 is 0 Å². The summed E-state index contributed by atoms with van der Waals surface area (Å²) in [6.45, 7) is 3.95. The highest BCUT2D eigenvalue weighted by molar-refractivity contribution is 5.36. The van der Waals surface area contributed by atoms with E-state index in [-0.39, 0.29) is 5.82 Å². The molecule has 0 aromatic heterocycles. The third-order valence-electron chi connectivity index (χ3n) is 7.01. The molecule has 5 heteroatoms. The lowest BCUT2D eigenvalue weighted by Gasteiger charge is -2.51. The van der Waals surface area contributed by atoms with Crippen LogP contribution >= 0.6 is 0 Å². The van der Waals surface area contributed by atoms with Crippen molar-refractivity contribution >= 4 is 0 Å². The Kier molecular flexibility index (Phi) is 4.52. The molecule has 148 valence electrons. The molecule has 4 saturated heterocycles. The minimum absolute atomic E-state index is 0.218. The fraction of sp³-hybridized carbons (Fsp3) is 0.478. The van der Waals surface area contributed by atoms with Crippen LogP contribution in [0, 0.1) is 11.7 Å².